The smallest absolute Gasteiger partial charge is 0.318 e. The third-order valence-electron chi connectivity index (χ3n) is 8.03. The Balaban J connectivity index is 1.15. The van der Waals surface area contributed by atoms with Crippen molar-refractivity contribution in [3.05, 3.63) is 58.3 Å². The van der Waals surface area contributed by atoms with Gasteiger partial charge in [-0.15, -0.1) is 11.3 Å². The summed E-state index contributed by atoms with van der Waals surface area (Å²) in [5, 5.41) is 3.26. The van der Waals surface area contributed by atoms with Gasteiger partial charge in [0.05, 0.1) is 18.9 Å². The Morgan fingerprint density at radius 2 is 2.03 bits per heavy atom. The van der Waals surface area contributed by atoms with Crippen LogP contribution < -0.4 is 5.32 Å². The minimum atomic E-state index is 0.0938. The molecule has 1 atom stereocenters. The van der Waals surface area contributed by atoms with E-state index in [1.807, 2.05) is 22.4 Å². The molecule has 2 aromatic heterocycles. The first-order chi connectivity index (χ1) is 17.6. The van der Waals surface area contributed by atoms with Gasteiger partial charge in [0.2, 0.25) is 0 Å². The van der Waals surface area contributed by atoms with Gasteiger partial charge < -0.3 is 15.0 Å². The molecule has 2 aromatic rings. The van der Waals surface area contributed by atoms with Gasteiger partial charge in [0.1, 0.15) is 0 Å². The molecule has 6 nitrogen and oxygen atoms in total. The second-order valence-electron chi connectivity index (χ2n) is 10.5. The molecule has 0 bridgehead atoms. The summed E-state index contributed by atoms with van der Waals surface area (Å²) in [7, 11) is 0. The Labute approximate surface area is 218 Å². The van der Waals surface area contributed by atoms with E-state index in [4.69, 9.17) is 9.72 Å². The van der Waals surface area contributed by atoms with E-state index in [9.17, 15) is 4.79 Å². The Morgan fingerprint density at radius 1 is 1.19 bits per heavy atom. The van der Waals surface area contributed by atoms with Crippen LogP contribution in [0.1, 0.15) is 55.2 Å². The predicted molar refractivity (Wildman–Crippen MR) is 145 cm³/mol. The van der Waals surface area contributed by atoms with E-state index in [1.165, 1.54) is 44.9 Å². The van der Waals surface area contributed by atoms with Crippen molar-refractivity contribution in [3.63, 3.8) is 0 Å². The number of rotatable bonds is 5. The number of allylic oxidation sites excluding steroid dienone is 2. The number of nitrogens with zero attached hydrogens (tertiary/aromatic N) is 3. The van der Waals surface area contributed by atoms with Crippen LogP contribution in [0.2, 0.25) is 0 Å². The van der Waals surface area contributed by atoms with Crippen LogP contribution in [0.4, 0.5) is 4.79 Å². The lowest BCUT2D eigenvalue weighted by Crippen LogP contribution is -2.49. The largest absolute Gasteiger partial charge is 0.379 e. The van der Waals surface area contributed by atoms with Gasteiger partial charge in [0.15, 0.2) is 0 Å². The molecule has 0 spiro atoms. The van der Waals surface area contributed by atoms with Crippen molar-refractivity contribution < 1.29 is 9.53 Å². The minimum Gasteiger partial charge on any atom is -0.379 e. The number of morpholine rings is 1. The van der Waals surface area contributed by atoms with Crippen molar-refractivity contribution in [1.29, 1.82) is 0 Å². The van der Waals surface area contributed by atoms with Gasteiger partial charge in [-0.2, -0.15) is 0 Å². The molecule has 36 heavy (non-hydrogen) atoms. The molecule has 6 rings (SSSR count). The third kappa shape index (κ3) is 5.01. The first kappa shape index (κ1) is 23.9. The number of fused-ring (bicyclic) bond motifs is 1. The molecule has 1 saturated carbocycles. The number of amides is 2. The quantitative estimate of drug-likeness (QED) is 0.604. The summed E-state index contributed by atoms with van der Waals surface area (Å²) in [5.41, 5.74) is 6.28. The van der Waals surface area contributed by atoms with Gasteiger partial charge in [0, 0.05) is 71.8 Å². The fourth-order valence-electron chi connectivity index (χ4n) is 5.98. The lowest BCUT2D eigenvalue weighted by Gasteiger charge is -2.34. The van der Waals surface area contributed by atoms with Crippen molar-refractivity contribution in [3.8, 4) is 10.4 Å². The van der Waals surface area contributed by atoms with Crippen molar-refractivity contribution in [2.75, 3.05) is 32.8 Å². The zero-order valence-electron chi connectivity index (χ0n) is 21.2. The molecule has 4 aliphatic rings. The third-order valence-corrected chi connectivity index (χ3v) is 9.15. The average molecular weight is 505 g/mol. The molecular formula is C29H36N4O2S. The SMILES string of the molecule is CC1C=C(C2=CCc3ncc(-c4ccc(CN5CCOCC5)s4)cc32)CCN1C(=O)NC1CCCC1. The van der Waals surface area contributed by atoms with Crippen LogP contribution >= 0.6 is 11.3 Å². The summed E-state index contributed by atoms with van der Waals surface area (Å²) in [6, 6.07) is 7.38. The fourth-order valence-corrected chi connectivity index (χ4v) is 7.01. The number of carbonyl (C=O) groups excluding carboxylic acids is 1. The maximum Gasteiger partial charge on any atom is 0.318 e. The molecule has 0 radical (unpaired) electrons. The molecule has 1 N–H and O–H groups in total. The molecule has 1 saturated heterocycles. The first-order valence-corrected chi connectivity index (χ1v) is 14.3. The maximum absolute atomic E-state index is 12.9. The zero-order valence-corrected chi connectivity index (χ0v) is 22.0. The van der Waals surface area contributed by atoms with E-state index in [0.29, 0.717) is 6.04 Å². The van der Waals surface area contributed by atoms with Gasteiger partial charge in [-0.25, -0.2) is 4.79 Å². The number of pyridine rings is 1. The van der Waals surface area contributed by atoms with Crippen LogP contribution in [0.5, 0.6) is 0 Å². The Hall–Kier alpha value is -2.48. The Kier molecular flexibility index (Phi) is 6.96. The fraction of sp³-hybridized carbons (Fsp3) is 0.517. The molecule has 2 amide bonds. The highest BCUT2D eigenvalue weighted by atomic mass is 32.1. The van der Waals surface area contributed by atoms with Crippen LogP contribution in [-0.2, 0) is 17.7 Å². The molecule has 4 heterocycles. The van der Waals surface area contributed by atoms with Crippen molar-refractivity contribution in [1.82, 2.24) is 20.1 Å². The monoisotopic (exact) mass is 504 g/mol. The second kappa shape index (κ2) is 10.5. The summed E-state index contributed by atoms with van der Waals surface area (Å²) in [6.45, 7) is 7.58. The molecule has 1 unspecified atom stereocenters. The van der Waals surface area contributed by atoms with Crippen LogP contribution in [0.3, 0.4) is 0 Å². The molecule has 7 heteroatoms. The topological polar surface area (TPSA) is 57.7 Å². The van der Waals surface area contributed by atoms with Crippen LogP contribution in [-0.4, -0.2) is 65.7 Å². The van der Waals surface area contributed by atoms with Gasteiger partial charge in [-0.3, -0.25) is 9.88 Å². The lowest BCUT2D eigenvalue weighted by atomic mass is 9.93. The van der Waals surface area contributed by atoms with Gasteiger partial charge >= 0.3 is 6.03 Å². The van der Waals surface area contributed by atoms with Crippen molar-refractivity contribution in [2.45, 2.75) is 64.1 Å². The number of carbonyl (C=O) groups is 1. The molecule has 2 fully saturated rings. The standard InChI is InChI=1S/C29H36N4O2S/c1-20-16-21(10-11-33(20)29(34)31-23-4-2-3-5-23)25-7-8-27-26(25)17-22(18-30-27)28-9-6-24(36-28)19-32-12-14-35-15-13-32/h6-7,9,16-18,20,23H,2-5,8,10-15,19H2,1H3,(H,31,34). The highest BCUT2D eigenvalue weighted by molar-refractivity contribution is 7.15. The molecule has 0 aromatic carbocycles. The number of hydrogen-bond donors (Lipinski definition) is 1. The van der Waals surface area contributed by atoms with Gasteiger partial charge in [0.25, 0.3) is 0 Å². The zero-order chi connectivity index (χ0) is 24.5. The molecule has 2 aliphatic carbocycles. The highest BCUT2D eigenvalue weighted by Gasteiger charge is 2.29. The molecule has 2 aliphatic heterocycles. The normalized spacial score (nSPS) is 22.9. The van der Waals surface area contributed by atoms with Crippen LogP contribution in [0.25, 0.3) is 16.0 Å². The summed E-state index contributed by atoms with van der Waals surface area (Å²) in [4.78, 5) is 24.9. The van der Waals surface area contributed by atoms with Gasteiger partial charge in [-0.05, 0) is 55.5 Å². The van der Waals surface area contributed by atoms with E-state index in [0.717, 1.165) is 70.8 Å². The number of nitrogens with one attached hydrogen (secondary N) is 1. The summed E-state index contributed by atoms with van der Waals surface area (Å²) in [5.74, 6) is 0. The highest BCUT2D eigenvalue weighted by Crippen LogP contribution is 2.38. The maximum atomic E-state index is 12.9. The number of urea groups is 1. The summed E-state index contributed by atoms with van der Waals surface area (Å²) < 4.78 is 5.49. The predicted octanol–water partition coefficient (Wildman–Crippen LogP) is 5.25. The van der Waals surface area contributed by atoms with E-state index < -0.39 is 0 Å². The van der Waals surface area contributed by atoms with E-state index in [1.54, 1.807) is 0 Å². The molecule has 190 valence electrons. The number of ether oxygens (including phenoxy) is 1. The van der Waals surface area contributed by atoms with Crippen molar-refractivity contribution in [2.24, 2.45) is 0 Å². The number of thiophene rings is 1. The summed E-state index contributed by atoms with van der Waals surface area (Å²) in [6.07, 6.45) is 13.1. The van der Waals surface area contributed by atoms with Gasteiger partial charge in [-0.1, -0.05) is 25.0 Å². The van der Waals surface area contributed by atoms with Crippen LogP contribution in [0, 0.1) is 0 Å². The lowest BCUT2D eigenvalue weighted by molar-refractivity contribution is 0.0346. The first-order valence-electron chi connectivity index (χ1n) is 13.5. The van der Waals surface area contributed by atoms with E-state index in [2.05, 4.69) is 47.5 Å². The van der Waals surface area contributed by atoms with Crippen molar-refractivity contribution >= 4 is 22.9 Å². The second-order valence-corrected chi connectivity index (χ2v) is 11.7. The van der Waals surface area contributed by atoms with E-state index in [-0.39, 0.29) is 12.1 Å². The number of hydrogen-bond acceptors (Lipinski definition) is 5. The Morgan fingerprint density at radius 3 is 2.83 bits per heavy atom. The number of aromatic nitrogens is 1. The van der Waals surface area contributed by atoms with Crippen LogP contribution in [0.15, 0.2) is 42.1 Å². The van der Waals surface area contributed by atoms with E-state index >= 15 is 0 Å². The minimum absolute atomic E-state index is 0.0938. The molecular weight excluding hydrogens is 468 g/mol. The summed E-state index contributed by atoms with van der Waals surface area (Å²) >= 11 is 1.87. The average Bonchev–Trinajstić information content (AvgIpc) is 3.65. The Bertz CT molecular complexity index is 1170.